The minimum absolute atomic E-state index is 0.129. The SMILES string of the molecule is CC(C)(CNS(=O)(=O)c1ccc2nc(NCC(O)c3ccccn3)ccc2c1)c1ncccc1Cl. The molecule has 35 heavy (non-hydrogen) atoms. The molecule has 3 aromatic heterocycles. The van der Waals surface area contributed by atoms with Crippen LogP contribution in [-0.4, -0.2) is 41.6 Å². The fourth-order valence-electron chi connectivity index (χ4n) is 3.57. The number of anilines is 1. The topological polar surface area (TPSA) is 117 Å². The first kappa shape index (κ1) is 25.0. The first-order valence-electron chi connectivity index (χ1n) is 11.0. The predicted molar refractivity (Wildman–Crippen MR) is 137 cm³/mol. The number of hydrogen-bond donors (Lipinski definition) is 3. The van der Waals surface area contributed by atoms with Crippen LogP contribution < -0.4 is 10.0 Å². The largest absolute Gasteiger partial charge is 0.385 e. The molecule has 0 saturated carbocycles. The molecule has 0 radical (unpaired) electrons. The summed E-state index contributed by atoms with van der Waals surface area (Å²) in [6.45, 7) is 4.13. The Morgan fingerprint density at radius 1 is 1.03 bits per heavy atom. The number of aliphatic hydroxyl groups excluding tert-OH is 1. The van der Waals surface area contributed by atoms with Gasteiger partial charge in [-0.2, -0.15) is 0 Å². The molecule has 0 bridgehead atoms. The van der Waals surface area contributed by atoms with Crippen molar-refractivity contribution in [2.24, 2.45) is 0 Å². The Hall–Kier alpha value is -3.11. The van der Waals surface area contributed by atoms with Gasteiger partial charge in [-0.15, -0.1) is 0 Å². The molecule has 182 valence electrons. The lowest BCUT2D eigenvalue weighted by atomic mass is 9.89. The number of hydrogen-bond acceptors (Lipinski definition) is 7. The number of pyridine rings is 3. The van der Waals surface area contributed by atoms with Crippen molar-refractivity contribution in [3.05, 3.63) is 89.5 Å². The summed E-state index contributed by atoms with van der Waals surface area (Å²) in [4.78, 5) is 13.1. The number of aliphatic hydroxyl groups is 1. The van der Waals surface area contributed by atoms with E-state index < -0.39 is 21.5 Å². The van der Waals surface area contributed by atoms with Gasteiger partial charge < -0.3 is 10.4 Å². The average Bonchev–Trinajstić information content (AvgIpc) is 2.86. The first-order valence-corrected chi connectivity index (χ1v) is 12.9. The monoisotopic (exact) mass is 511 g/mol. The van der Waals surface area contributed by atoms with E-state index >= 15 is 0 Å². The summed E-state index contributed by atoms with van der Waals surface area (Å²) in [6.07, 6.45) is 2.48. The van der Waals surface area contributed by atoms with Gasteiger partial charge in [-0.1, -0.05) is 31.5 Å². The van der Waals surface area contributed by atoms with Gasteiger partial charge >= 0.3 is 0 Å². The van der Waals surface area contributed by atoms with Gasteiger partial charge in [-0.05, 0) is 54.6 Å². The normalized spacial score (nSPS) is 13.0. The highest BCUT2D eigenvalue weighted by Gasteiger charge is 2.27. The number of benzene rings is 1. The fourth-order valence-corrected chi connectivity index (χ4v) is 5.20. The van der Waals surface area contributed by atoms with E-state index in [1.165, 1.54) is 6.07 Å². The summed E-state index contributed by atoms with van der Waals surface area (Å²) >= 11 is 6.26. The van der Waals surface area contributed by atoms with Gasteiger partial charge in [-0.25, -0.2) is 18.1 Å². The number of rotatable bonds is 9. The Bertz CT molecular complexity index is 1430. The van der Waals surface area contributed by atoms with Crippen LogP contribution in [0.25, 0.3) is 10.9 Å². The van der Waals surface area contributed by atoms with E-state index in [0.717, 1.165) is 0 Å². The van der Waals surface area contributed by atoms with Crippen LogP contribution in [0.3, 0.4) is 0 Å². The van der Waals surface area contributed by atoms with Crippen molar-refractivity contribution in [1.82, 2.24) is 19.7 Å². The molecule has 0 spiro atoms. The van der Waals surface area contributed by atoms with E-state index in [9.17, 15) is 13.5 Å². The van der Waals surface area contributed by atoms with E-state index in [1.54, 1.807) is 60.9 Å². The third-order valence-corrected chi connectivity index (χ3v) is 7.28. The van der Waals surface area contributed by atoms with Crippen LogP contribution in [0.5, 0.6) is 0 Å². The molecule has 1 atom stereocenters. The summed E-state index contributed by atoms with van der Waals surface area (Å²) in [5.41, 5.74) is 1.21. The summed E-state index contributed by atoms with van der Waals surface area (Å²) in [5, 5.41) is 14.5. The fraction of sp³-hybridized carbons (Fsp3) is 0.240. The van der Waals surface area contributed by atoms with Crippen molar-refractivity contribution < 1.29 is 13.5 Å². The lowest BCUT2D eigenvalue weighted by Crippen LogP contribution is -2.37. The molecule has 0 saturated heterocycles. The van der Waals surface area contributed by atoms with Crippen molar-refractivity contribution in [2.75, 3.05) is 18.4 Å². The Labute approximate surface area is 209 Å². The van der Waals surface area contributed by atoms with E-state index in [1.807, 2.05) is 19.9 Å². The van der Waals surface area contributed by atoms with Crippen molar-refractivity contribution in [2.45, 2.75) is 30.3 Å². The zero-order valence-electron chi connectivity index (χ0n) is 19.3. The van der Waals surface area contributed by atoms with Gasteiger partial charge in [0.1, 0.15) is 11.9 Å². The molecular formula is C25H26ClN5O3S. The molecule has 0 aliphatic rings. The highest BCUT2D eigenvalue weighted by atomic mass is 35.5. The standard InChI is InChI=1S/C25H26ClN5O3S/c1-25(2,24-19(26)6-5-13-28-24)16-30-35(33,34)18-9-10-20-17(14-18)8-11-23(31-20)29-15-22(32)21-7-3-4-12-27-21/h3-14,22,30,32H,15-16H2,1-2H3,(H,29,31). The Kier molecular flexibility index (Phi) is 7.32. The molecule has 0 aliphatic heterocycles. The van der Waals surface area contributed by atoms with E-state index in [4.69, 9.17) is 11.6 Å². The summed E-state index contributed by atoms with van der Waals surface area (Å²) in [7, 11) is -3.77. The molecule has 3 N–H and O–H groups in total. The predicted octanol–water partition coefficient (Wildman–Crippen LogP) is 4.08. The van der Waals surface area contributed by atoms with E-state index in [-0.39, 0.29) is 18.0 Å². The van der Waals surface area contributed by atoms with Gasteiger partial charge in [-0.3, -0.25) is 9.97 Å². The zero-order valence-corrected chi connectivity index (χ0v) is 20.9. The second-order valence-corrected chi connectivity index (χ2v) is 10.9. The number of sulfonamides is 1. The average molecular weight is 512 g/mol. The van der Waals surface area contributed by atoms with Crippen molar-refractivity contribution in [1.29, 1.82) is 0 Å². The highest BCUT2D eigenvalue weighted by molar-refractivity contribution is 7.89. The van der Waals surface area contributed by atoms with Crippen LogP contribution >= 0.6 is 11.6 Å². The van der Waals surface area contributed by atoms with Crippen LogP contribution in [0.2, 0.25) is 5.02 Å². The van der Waals surface area contributed by atoms with Gasteiger partial charge in [0, 0.05) is 36.3 Å². The molecule has 1 unspecified atom stereocenters. The number of fused-ring (bicyclic) bond motifs is 1. The third-order valence-electron chi connectivity index (χ3n) is 5.58. The Morgan fingerprint density at radius 3 is 2.57 bits per heavy atom. The maximum Gasteiger partial charge on any atom is 0.240 e. The highest BCUT2D eigenvalue weighted by Crippen LogP contribution is 2.28. The molecule has 3 heterocycles. The molecule has 4 aromatic rings. The van der Waals surface area contributed by atoms with Crippen molar-refractivity contribution in [3.8, 4) is 0 Å². The minimum atomic E-state index is -3.77. The molecule has 0 aliphatic carbocycles. The second-order valence-electron chi connectivity index (χ2n) is 8.74. The number of nitrogens with zero attached hydrogens (tertiary/aromatic N) is 3. The third kappa shape index (κ3) is 5.94. The van der Waals surface area contributed by atoms with Crippen LogP contribution in [0, 0.1) is 0 Å². The van der Waals surface area contributed by atoms with Crippen LogP contribution in [-0.2, 0) is 15.4 Å². The lowest BCUT2D eigenvalue weighted by molar-refractivity contribution is 0.186. The van der Waals surface area contributed by atoms with E-state index in [2.05, 4.69) is 25.0 Å². The maximum absolute atomic E-state index is 13.0. The van der Waals surface area contributed by atoms with Gasteiger partial charge in [0.05, 0.1) is 26.8 Å². The number of nitrogens with one attached hydrogen (secondary N) is 2. The zero-order chi connectivity index (χ0) is 25.1. The summed E-state index contributed by atoms with van der Waals surface area (Å²) < 4.78 is 28.6. The molecule has 0 fully saturated rings. The maximum atomic E-state index is 13.0. The molecule has 4 rings (SSSR count). The lowest BCUT2D eigenvalue weighted by Gasteiger charge is -2.25. The summed E-state index contributed by atoms with van der Waals surface area (Å²) in [6, 6.07) is 17.1. The van der Waals surface area contributed by atoms with Crippen molar-refractivity contribution >= 4 is 38.3 Å². The van der Waals surface area contributed by atoms with Crippen LogP contribution in [0.15, 0.2) is 78.0 Å². The minimum Gasteiger partial charge on any atom is -0.385 e. The first-order chi connectivity index (χ1) is 16.7. The number of halogens is 1. The van der Waals surface area contributed by atoms with Crippen LogP contribution in [0.4, 0.5) is 5.82 Å². The Morgan fingerprint density at radius 2 is 1.83 bits per heavy atom. The molecule has 0 amide bonds. The smallest absolute Gasteiger partial charge is 0.240 e. The second kappa shape index (κ2) is 10.2. The van der Waals surface area contributed by atoms with Gasteiger partial charge in [0.25, 0.3) is 0 Å². The van der Waals surface area contributed by atoms with Gasteiger partial charge in [0.2, 0.25) is 10.0 Å². The van der Waals surface area contributed by atoms with Crippen molar-refractivity contribution in [3.63, 3.8) is 0 Å². The number of aromatic nitrogens is 3. The van der Waals surface area contributed by atoms with Crippen LogP contribution in [0.1, 0.15) is 31.3 Å². The van der Waals surface area contributed by atoms with Gasteiger partial charge in [0.15, 0.2) is 0 Å². The quantitative estimate of drug-likeness (QED) is 0.310. The summed E-state index contributed by atoms with van der Waals surface area (Å²) in [5.74, 6) is 0.565. The van der Waals surface area contributed by atoms with E-state index in [0.29, 0.717) is 33.1 Å². The molecule has 1 aromatic carbocycles. The molecule has 10 heteroatoms. The Balaban J connectivity index is 1.45. The molecular weight excluding hydrogens is 486 g/mol. The molecule has 8 nitrogen and oxygen atoms in total.